The molecule has 148 valence electrons. The maximum absolute atomic E-state index is 12.6. The quantitative estimate of drug-likeness (QED) is 0.615. The Kier molecular flexibility index (Phi) is 5.42. The number of aromatic nitrogens is 2. The van der Waals surface area contributed by atoms with E-state index in [9.17, 15) is 4.79 Å². The first-order valence-electron chi connectivity index (χ1n) is 9.88. The van der Waals surface area contributed by atoms with Gasteiger partial charge in [0.05, 0.1) is 24.1 Å². The van der Waals surface area contributed by atoms with E-state index < -0.39 is 0 Å². The fourth-order valence-electron chi connectivity index (χ4n) is 3.50. The number of aryl methyl sites for hydroxylation is 2. The number of benzene rings is 2. The van der Waals surface area contributed by atoms with Gasteiger partial charge in [0.25, 0.3) is 0 Å². The Balaban J connectivity index is 1.72. The molecule has 0 fully saturated rings. The molecule has 0 unspecified atom stereocenters. The standard InChI is InChI=1S/C23H24N4O2/c1-3-15-11-13-16(14-12-15)24-22-21-18(8-6-9-19(21)28)26-23(27-22)25-17-7-4-5-10-20(17)29-2/h4-5,7,10-14H,3,6,8-9H2,1-2H3,(H2,24,25,26,27). The van der Waals surface area contributed by atoms with Crippen LogP contribution in [0.1, 0.15) is 41.4 Å². The maximum atomic E-state index is 12.6. The van der Waals surface area contributed by atoms with Gasteiger partial charge < -0.3 is 15.4 Å². The van der Waals surface area contributed by atoms with Gasteiger partial charge in [-0.2, -0.15) is 4.98 Å². The zero-order valence-corrected chi connectivity index (χ0v) is 16.7. The average Bonchev–Trinajstić information content (AvgIpc) is 2.74. The Morgan fingerprint density at radius 1 is 1.00 bits per heavy atom. The second-order valence-electron chi connectivity index (χ2n) is 7.00. The van der Waals surface area contributed by atoms with E-state index in [0.717, 1.165) is 36.3 Å². The number of carbonyl (C=O) groups excluding carboxylic acids is 1. The monoisotopic (exact) mass is 388 g/mol. The summed E-state index contributed by atoms with van der Waals surface area (Å²) < 4.78 is 5.41. The highest BCUT2D eigenvalue weighted by Crippen LogP contribution is 2.31. The summed E-state index contributed by atoms with van der Waals surface area (Å²) in [6, 6.07) is 15.8. The predicted molar refractivity (Wildman–Crippen MR) is 115 cm³/mol. The first-order chi connectivity index (χ1) is 14.2. The third-order valence-electron chi connectivity index (χ3n) is 5.06. The van der Waals surface area contributed by atoms with Crippen molar-refractivity contribution in [3.05, 3.63) is 65.4 Å². The molecule has 1 aromatic heterocycles. The number of anilines is 4. The molecule has 4 rings (SSSR count). The molecule has 0 radical (unpaired) electrons. The van der Waals surface area contributed by atoms with E-state index in [1.165, 1.54) is 5.56 Å². The number of hydrogen-bond donors (Lipinski definition) is 2. The van der Waals surface area contributed by atoms with E-state index >= 15 is 0 Å². The molecular formula is C23H24N4O2. The molecule has 2 N–H and O–H groups in total. The average molecular weight is 388 g/mol. The van der Waals surface area contributed by atoms with Crippen LogP contribution < -0.4 is 15.4 Å². The van der Waals surface area contributed by atoms with Gasteiger partial charge in [-0.1, -0.05) is 31.2 Å². The molecule has 0 aliphatic heterocycles. The lowest BCUT2D eigenvalue weighted by molar-refractivity contribution is 0.0972. The molecular weight excluding hydrogens is 364 g/mol. The van der Waals surface area contributed by atoms with Crippen molar-refractivity contribution in [1.82, 2.24) is 9.97 Å². The van der Waals surface area contributed by atoms with Crippen LogP contribution in [0.25, 0.3) is 0 Å². The fraction of sp³-hybridized carbons (Fsp3) is 0.261. The van der Waals surface area contributed by atoms with Gasteiger partial charge in [0.15, 0.2) is 5.78 Å². The lowest BCUT2D eigenvalue weighted by atomic mass is 9.95. The van der Waals surface area contributed by atoms with Crippen molar-refractivity contribution >= 4 is 28.9 Å². The van der Waals surface area contributed by atoms with Gasteiger partial charge in [0.2, 0.25) is 5.95 Å². The van der Waals surface area contributed by atoms with Crippen molar-refractivity contribution in [2.24, 2.45) is 0 Å². The van der Waals surface area contributed by atoms with E-state index in [0.29, 0.717) is 29.5 Å². The summed E-state index contributed by atoms with van der Waals surface area (Å²) in [6.07, 6.45) is 3.07. The lowest BCUT2D eigenvalue weighted by Gasteiger charge is -2.20. The van der Waals surface area contributed by atoms with Crippen molar-refractivity contribution in [3.63, 3.8) is 0 Å². The number of nitrogens with one attached hydrogen (secondary N) is 2. The van der Waals surface area contributed by atoms with E-state index in [1.54, 1.807) is 7.11 Å². The molecule has 1 aliphatic carbocycles. The zero-order valence-electron chi connectivity index (χ0n) is 16.7. The van der Waals surface area contributed by atoms with Gasteiger partial charge in [-0.3, -0.25) is 4.79 Å². The highest BCUT2D eigenvalue weighted by molar-refractivity contribution is 6.03. The number of hydrogen-bond acceptors (Lipinski definition) is 6. The van der Waals surface area contributed by atoms with E-state index in [4.69, 9.17) is 4.74 Å². The van der Waals surface area contributed by atoms with E-state index in [2.05, 4.69) is 39.7 Å². The molecule has 0 atom stereocenters. The Morgan fingerprint density at radius 3 is 2.55 bits per heavy atom. The molecule has 0 saturated carbocycles. The Labute approximate surface area is 170 Å². The number of nitrogens with zero attached hydrogens (tertiary/aromatic N) is 2. The van der Waals surface area contributed by atoms with Gasteiger partial charge in [-0.15, -0.1) is 0 Å². The topological polar surface area (TPSA) is 76.1 Å². The van der Waals surface area contributed by atoms with E-state index in [-0.39, 0.29) is 5.78 Å². The molecule has 0 saturated heterocycles. The highest BCUT2D eigenvalue weighted by atomic mass is 16.5. The second-order valence-corrected chi connectivity index (χ2v) is 7.00. The minimum atomic E-state index is 0.0859. The zero-order chi connectivity index (χ0) is 20.2. The van der Waals surface area contributed by atoms with E-state index in [1.807, 2.05) is 36.4 Å². The predicted octanol–water partition coefficient (Wildman–Crippen LogP) is 5.05. The summed E-state index contributed by atoms with van der Waals surface area (Å²) in [5, 5.41) is 6.56. The number of carbonyl (C=O) groups is 1. The Bertz CT molecular complexity index is 1030. The third-order valence-corrected chi connectivity index (χ3v) is 5.06. The van der Waals surface area contributed by atoms with Gasteiger partial charge in [0.1, 0.15) is 11.6 Å². The number of rotatable bonds is 6. The van der Waals surface area contributed by atoms with Crippen LogP contribution in [0.4, 0.5) is 23.1 Å². The molecule has 2 aromatic carbocycles. The number of ether oxygens (including phenoxy) is 1. The number of fused-ring (bicyclic) bond motifs is 1. The summed E-state index contributed by atoms with van der Waals surface area (Å²) in [5.74, 6) is 1.77. The van der Waals surface area contributed by atoms with Crippen LogP contribution in [-0.2, 0) is 12.8 Å². The van der Waals surface area contributed by atoms with Crippen LogP contribution in [-0.4, -0.2) is 22.9 Å². The SMILES string of the molecule is CCc1ccc(Nc2nc(Nc3ccccc3OC)nc3c2C(=O)CCC3)cc1. The summed E-state index contributed by atoms with van der Waals surface area (Å²) >= 11 is 0. The smallest absolute Gasteiger partial charge is 0.229 e. The second kappa shape index (κ2) is 8.31. The summed E-state index contributed by atoms with van der Waals surface area (Å²) in [7, 11) is 1.62. The Morgan fingerprint density at radius 2 is 1.79 bits per heavy atom. The van der Waals surface area contributed by atoms with Crippen molar-refractivity contribution in [3.8, 4) is 5.75 Å². The number of ketones is 1. The van der Waals surface area contributed by atoms with Crippen molar-refractivity contribution in [2.45, 2.75) is 32.6 Å². The van der Waals surface area contributed by atoms with Crippen LogP contribution in [0.5, 0.6) is 5.75 Å². The summed E-state index contributed by atoms with van der Waals surface area (Å²) in [4.78, 5) is 21.9. The van der Waals surface area contributed by atoms with Crippen molar-refractivity contribution < 1.29 is 9.53 Å². The number of Topliss-reactive ketones (excluding diaryl/α,β-unsaturated/α-hetero) is 1. The first-order valence-corrected chi connectivity index (χ1v) is 9.88. The van der Waals surface area contributed by atoms with Gasteiger partial charge in [0, 0.05) is 12.1 Å². The van der Waals surface area contributed by atoms with Crippen LogP contribution in [0.15, 0.2) is 48.5 Å². The lowest BCUT2D eigenvalue weighted by Crippen LogP contribution is -2.18. The molecule has 3 aromatic rings. The van der Waals surface area contributed by atoms with Crippen LogP contribution in [0.2, 0.25) is 0 Å². The largest absolute Gasteiger partial charge is 0.495 e. The number of para-hydroxylation sites is 2. The summed E-state index contributed by atoms with van der Waals surface area (Å²) in [5.41, 5.74) is 4.30. The van der Waals surface area contributed by atoms with Gasteiger partial charge >= 0.3 is 0 Å². The summed E-state index contributed by atoms with van der Waals surface area (Å²) in [6.45, 7) is 2.12. The van der Waals surface area contributed by atoms with Gasteiger partial charge in [-0.05, 0) is 49.1 Å². The molecule has 29 heavy (non-hydrogen) atoms. The van der Waals surface area contributed by atoms with Crippen molar-refractivity contribution in [1.29, 1.82) is 0 Å². The molecule has 6 heteroatoms. The minimum absolute atomic E-state index is 0.0859. The van der Waals surface area contributed by atoms with Gasteiger partial charge in [-0.25, -0.2) is 4.98 Å². The molecule has 1 aliphatic rings. The molecule has 0 bridgehead atoms. The highest BCUT2D eigenvalue weighted by Gasteiger charge is 2.25. The maximum Gasteiger partial charge on any atom is 0.229 e. The Hall–Kier alpha value is -3.41. The fourth-order valence-corrected chi connectivity index (χ4v) is 3.50. The molecule has 1 heterocycles. The first kappa shape index (κ1) is 18.9. The normalized spacial score (nSPS) is 13.0. The van der Waals surface area contributed by atoms with Crippen molar-refractivity contribution in [2.75, 3.05) is 17.7 Å². The third kappa shape index (κ3) is 4.06. The van der Waals surface area contributed by atoms with Crippen LogP contribution in [0.3, 0.4) is 0 Å². The van der Waals surface area contributed by atoms with Crippen LogP contribution in [0, 0.1) is 0 Å². The van der Waals surface area contributed by atoms with Crippen LogP contribution >= 0.6 is 0 Å². The number of methoxy groups -OCH3 is 1. The molecule has 6 nitrogen and oxygen atoms in total. The molecule has 0 amide bonds. The minimum Gasteiger partial charge on any atom is -0.495 e. The molecule has 0 spiro atoms.